The number of nitrogens with one attached hydrogen (secondary N) is 2. The van der Waals surface area contributed by atoms with Gasteiger partial charge in [-0.3, -0.25) is 15.3 Å². The number of morpholine rings is 1. The van der Waals surface area contributed by atoms with Crippen LogP contribution in [0.4, 0.5) is 5.69 Å². The lowest BCUT2D eigenvalue weighted by Gasteiger charge is -2.27. The fourth-order valence-corrected chi connectivity index (χ4v) is 2.30. The van der Waals surface area contributed by atoms with Crippen molar-refractivity contribution in [3.63, 3.8) is 0 Å². The van der Waals surface area contributed by atoms with Gasteiger partial charge in [0.2, 0.25) is 0 Å². The van der Waals surface area contributed by atoms with Crippen molar-refractivity contribution in [3.05, 3.63) is 30.3 Å². The van der Waals surface area contributed by atoms with E-state index in [-0.39, 0.29) is 0 Å². The van der Waals surface area contributed by atoms with E-state index in [1.165, 1.54) is 0 Å². The van der Waals surface area contributed by atoms with Crippen molar-refractivity contribution < 1.29 is 4.74 Å². The Morgan fingerprint density at radius 2 is 2.00 bits per heavy atom. The molecule has 1 aliphatic rings. The van der Waals surface area contributed by atoms with E-state index in [4.69, 9.17) is 17.0 Å². The zero-order valence-corrected chi connectivity index (χ0v) is 12.7. The first-order valence-corrected chi connectivity index (χ1v) is 7.30. The van der Waals surface area contributed by atoms with Gasteiger partial charge in [0.15, 0.2) is 5.11 Å². The van der Waals surface area contributed by atoms with Crippen molar-refractivity contribution in [2.45, 2.75) is 0 Å². The molecule has 2 N–H and O–H groups in total. The van der Waals surface area contributed by atoms with Crippen LogP contribution >= 0.6 is 12.2 Å². The number of para-hydroxylation sites is 1. The molecule has 5 nitrogen and oxygen atoms in total. The number of hydrogen-bond donors (Lipinski definition) is 2. The van der Waals surface area contributed by atoms with Crippen LogP contribution in [0, 0.1) is 0 Å². The van der Waals surface area contributed by atoms with E-state index in [0.717, 1.165) is 45.1 Å². The van der Waals surface area contributed by atoms with E-state index in [9.17, 15) is 0 Å². The maximum Gasteiger partial charge on any atom is 0.185 e. The summed E-state index contributed by atoms with van der Waals surface area (Å²) in [5.41, 5.74) is 4.22. The first-order valence-electron chi connectivity index (χ1n) is 6.89. The lowest BCUT2D eigenvalue weighted by molar-refractivity contribution is 0.0389. The van der Waals surface area contributed by atoms with E-state index in [1.54, 1.807) is 0 Å². The van der Waals surface area contributed by atoms with Crippen molar-refractivity contribution in [3.8, 4) is 0 Å². The van der Waals surface area contributed by atoms with Crippen LogP contribution in [0.5, 0.6) is 0 Å². The molecule has 1 aromatic carbocycles. The van der Waals surface area contributed by atoms with Gasteiger partial charge in [-0.25, -0.2) is 0 Å². The largest absolute Gasteiger partial charge is 0.379 e. The van der Waals surface area contributed by atoms with Gasteiger partial charge in [0.1, 0.15) is 0 Å². The minimum Gasteiger partial charge on any atom is -0.379 e. The molecule has 0 radical (unpaired) electrons. The van der Waals surface area contributed by atoms with Crippen LogP contribution in [0.1, 0.15) is 0 Å². The summed E-state index contributed by atoms with van der Waals surface area (Å²) in [6.45, 7) is 5.51. The highest BCUT2D eigenvalue weighted by molar-refractivity contribution is 7.80. The van der Waals surface area contributed by atoms with E-state index in [1.807, 2.05) is 42.4 Å². The third kappa shape index (κ3) is 4.96. The molecule has 20 heavy (non-hydrogen) atoms. The Morgan fingerprint density at radius 1 is 1.30 bits per heavy atom. The van der Waals surface area contributed by atoms with Crippen molar-refractivity contribution in [1.29, 1.82) is 0 Å². The second-order valence-electron chi connectivity index (χ2n) is 4.72. The summed E-state index contributed by atoms with van der Waals surface area (Å²) in [5.74, 6) is 0. The second kappa shape index (κ2) is 8.04. The molecule has 1 saturated heterocycles. The van der Waals surface area contributed by atoms with E-state index < -0.39 is 0 Å². The van der Waals surface area contributed by atoms with Crippen LogP contribution < -0.4 is 15.8 Å². The Kier molecular flexibility index (Phi) is 6.04. The predicted octanol–water partition coefficient (Wildman–Crippen LogP) is 0.834. The number of benzene rings is 1. The van der Waals surface area contributed by atoms with Crippen molar-refractivity contribution in [2.24, 2.45) is 0 Å². The molecule has 6 heteroatoms. The average molecular weight is 294 g/mol. The number of anilines is 1. The van der Waals surface area contributed by atoms with Gasteiger partial charge in [0.25, 0.3) is 0 Å². The topological polar surface area (TPSA) is 39.8 Å². The maximum absolute atomic E-state index is 5.32. The number of nitrogens with zero attached hydrogens (tertiary/aromatic N) is 2. The molecule has 110 valence electrons. The van der Waals surface area contributed by atoms with Crippen molar-refractivity contribution in [1.82, 2.24) is 15.6 Å². The lowest BCUT2D eigenvalue weighted by atomic mass is 10.3. The second-order valence-corrected chi connectivity index (χ2v) is 5.12. The number of hydrogen-bond acceptors (Lipinski definition) is 4. The third-order valence-electron chi connectivity index (χ3n) is 3.23. The average Bonchev–Trinajstić information content (AvgIpc) is 2.49. The zero-order chi connectivity index (χ0) is 14.2. The number of thiocarbonyl (C=S) groups is 1. The van der Waals surface area contributed by atoms with Crippen LogP contribution in [0.15, 0.2) is 30.3 Å². The molecule has 0 unspecified atom stereocenters. The smallest absolute Gasteiger partial charge is 0.185 e. The van der Waals surface area contributed by atoms with Gasteiger partial charge >= 0.3 is 0 Å². The Labute approximate surface area is 125 Å². The zero-order valence-electron chi connectivity index (χ0n) is 11.8. The molecule has 1 aliphatic heterocycles. The Hall–Kier alpha value is -1.37. The van der Waals surface area contributed by atoms with Gasteiger partial charge in [-0.2, -0.15) is 0 Å². The minimum atomic E-state index is 0.643. The highest BCUT2D eigenvalue weighted by Crippen LogP contribution is 2.07. The molecule has 0 amide bonds. The number of ether oxygens (including phenoxy) is 1. The minimum absolute atomic E-state index is 0.643. The normalized spacial score (nSPS) is 15.7. The number of rotatable bonds is 5. The molecule has 1 heterocycles. The van der Waals surface area contributed by atoms with Gasteiger partial charge < -0.3 is 10.1 Å². The van der Waals surface area contributed by atoms with E-state index in [0.29, 0.717) is 5.11 Å². The standard InChI is InChI=1S/C14H22N4OS/c1-17(13-5-3-2-4-6-13)16-14(20)15-7-8-18-9-11-19-12-10-18/h2-6H,7-12H2,1H3,(H2,15,16,20). The first kappa shape index (κ1) is 15.0. The van der Waals surface area contributed by atoms with Crippen molar-refractivity contribution in [2.75, 3.05) is 51.4 Å². The SMILES string of the molecule is CN(NC(=S)NCCN1CCOCC1)c1ccccc1. The van der Waals surface area contributed by atoms with E-state index >= 15 is 0 Å². The fraction of sp³-hybridized carbons (Fsp3) is 0.500. The van der Waals surface area contributed by atoms with Crippen LogP contribution in [-0.4, -0.2) is 56.5 Å². The van der Waals surface area contributed by atoms with Crippen molar-refractivity contribution >= 4 is 23.0 Å². The highest BCUT2D eigenvalue weighted by atomic mass is 32.1. The molecule has 0 atom stereocenters. The summed E-state index contributed by atoms with van der Waals surface area (Å²) in [5, 5.41) is 5.78. The van der Waals surface area contributed by atoms with Crippen LogP contribution in [0.3, 0.4) is 0 Å². The third-order valence-corrected chi connectivity index (χ3v) is 3.47. The van der Waals surface area contributed by atoms with Gasteiger partial charge in [-0.05, 0) is 24.4 Å². The Bertz CT molecular complexity index is 409. The summed E-state index contributed by atoms with van der Waals surface area (Å²) in [6.07, 6.45) is 0. The maximum atomic E-state index is 5.32. The summed E-state index contributed by atoms with van der Waals surface area (Å²) in [7, 11) is 1.95. The predicted molar refractivity (Wildman–Crippen MR) is 85.8 cm³/mol. The van der Waals surface area contributed by atoms with Gasteiger partial charge in [0.05, 0.1) is 18.9 Å². The van der Waals surface area contributed by atoms with Crippen LogP contribution in [0.25, 0.3) is 0 Å². The summed E-state index contributed by atoms with van der Waals surface area (Å²) in [4.78, 5) is 2.38. The van der Waals surface area contributed by atoms with Gasteiger partial charge in [-0.1, -0.05) is 18.2 Å². The van der Waals surface area contributed by atoms with E-state index in [2.05, 4.69) is 15.6 Å². The monoisotopic (exact) mass is 294 g/mol. The Morgan fingerprint density at radius 3 is 2.70 bits per heavy atom. The highest BCUT2D eigenvalue weighted by Gasteiger charge is 2.09. The molecule has 0 aromatic heterocycles. The summed E-state index contributed by atoms with van der Waals surface area (Å²) < 4.78 is 5.32. The molecule has 1 fully saturated rings. The fourth-order valence-electron chi connectivity index (χ4n) is 2.06. The molecule has 0 saturated carbocycles. The molecule has 0 spiro atoms. The summed E-state index contributed by atoms with van der Waals surface area (Å²) in [6, 6.07) is 10.1. The van der Waals surface area contributed by atoms with Gasteiger partial charge in [0, 0.05) is 33.2 Å². The Balaban J connectivity index is 1.65. The lowest BCUT2D eigenvalue weighted by Crippen LogP contribution is -2.48. The molecule has 1 aromatic rings. The summed E-state index contributed by atoms with van der Waals surface area (Å²) >= 11 is 5.29. The molecule has 2 rings (SSSR count). The quantitative estimate of drug-likeness (QED) is 0.619. The number of hydrazine groups is 1. The molecular formula is C14H22N4OS. The van der Waals surface area contributed by atoms with Crippen LogP contribution in [0.2, 0.25) is 0 Å². The van der Waals surface area contributed by atoms with Crippen LogP contribution in [-0.2, 0) is 4.74 Å². The molecule has 0 bridgehead atoms. The van der Waals surface area contributed by atoms with Gasteiger partial charge in [-0.15, -0.1) is 0 Å². The molecule has 0 aliphatic carbocycles. The molecular weight excluding hydrogens is 272 g/mol. The first-order chi connectivity index (χ1) is 9.75.